The molecule has 0 aromatic carbocycles. The molecule has 0 radical (unpaired) electrons. The molecule has 14 heavy (non-hydrogen) atoms. The van der Waals surface area contributed by atoms with Gasteiger partial charge in [-0.3, -0.25) is 0 Å². The number of H-pyrrole nitrogens is 1. The summed E-state index contributed by atoms with van der Waals surface area (Å²) in [6.45, 7) is 0. The fraction of sp³-hybridized carbons (Fsp3) is 0.333. The third-order valence-electron chi connectivity index (χ3n) is 2.40. The van der Waals surface area contributed by atoms with Gasteiger partial charge in [-0.05, 0) is 35.4 Å². The zero-order chi connectivity index (χ0) is 9.71. The van der Waals surface area contributed by atoms with Crippen molar-refractivity contribution in [3.05, 3.63) is 20.7 Å². The summed E-state index contributed by atoms with van der Waals surface area (Å²) in [6.07, 6.45) is 4.29. The van der Waals surface area contributed by atoms with Crippen molar-refractivity contribution in [2.24, 2.45) is 0 Å². The van der Waals surface area contributed by atoms with Crippen LogP contribution in [0, 0.1) is 3.57 Å². The second-order valence-corrected chi connectivity index (χ2v) is 5.03. The van der Waals surface area contributed by atoms with Gasteiger partial charge in [0.1, 0.15) is 16.6 Å². The van der Waals surface area contributed by atoms with Crippen LogP contribution < -0.4 is 0 Å². The van der Waals surface area contributed by atoms with E-state index in [-0.39, 0.29) is 0 Å². The highest BCUT2D eigenvalue weighted by Crippen LogP contribution is 2.39. The number of rotatable bonds is 1. The standard InChI is InChI=1S/C9H7ClIN3/c10-7-6-5(11)3-12-9(6)14-8(13-7)4-1-2-4/h3-4H,1-2H2,(H,12,13,14). The van der Waals surface area contributed by atoms with Crippen LogP contribution in [0.4, 0.5) is 0 Å². The topological polar surface area (TPSA) is 41.6 Å². The second-order valence-electron chi connectivity index (χ2n) is 3.51. The van der Waals surface area contributed by atoms with Crippen LogP contribution in [0.5, 0.6) is 0 Å². The fourth-order valence-corrected chi connectivity index (χ4v) is 2.60. The monoisotopic (exact) mass is 319 g/mol. The molecule has 3 nitrogen and oxygen atoms in total. The summed E-state index contributed by atoms with van der Waals surface area (Å²) >= 11 is 8.33. The summed E-state index contributed by atoms with van der Waals surface area (Å²) in [4.78, 5) is 11.9. The van der Waals surface area contributed by atoms with Gasteiger partial charge in [0.15, 0.2) is 0 Å². The molecule has 0 saturated heterocycles. The first kappa shape index (κ1) is 8.91. The van der Waals surface area contributed by atoms with Crippen molar-refractivity contribution in [3.8, 4) is 0 Å². The molecule has 1 N–H and O–H groups in total. The lowest BCUT2D eigenvalue weighted by atomic mass is 10.3. The van der Waals surface area contributed by atoms with E-state index in [4.69, 9.17) is 11.6 Å². The smallest absolute Gasteiger partial charge is 0.143 e. The number of nitrogens with zero attached hydrogens (tertiary/aromatic N) is 2. The maximum atomic E-state index is 6.10. The molecule has 3 rings (SSSR count). The first-order valence-corrected chi connectivity index (χ1v) is 5.91. The van der Waals surface area contributed by atoms with E-state index in [1.165, 1.54) is 12.8 Å². The summed E-state index contributed by atoms with van der Waals surface area (Å²) < 4.78 is 1.07. The Balaban J connectivity index is 2.29. The molecule has 0 bridgehead atoms. The Morgan fingerprint density at radius 1 is 1.43 bits per heavy atom. The highest BCUT2D eigenvalue weighted by atomic mass is 127. The number of aromatic nitrogens is 3. The van der Waals surface area contributed by atoms with Gasteiger partial charge in [0.2, 0.25) is 0 Å². The van der Waals surface area contributed by atoms with Crippen molar-refractivity contribution < 1.29 is 0 Å². The first-order chi connectivity index (χ1) is 6.75. The molecule has 1 fully saturated rings. The minimum absolute atomic E-state index is 0.540. The van der Waals surface area contributed by atoms with Gasteiger partial charge >= 0.3 is 0 Å². The third-order valence-corrected chi connectivity index (χ3v) is 3.52. The molecule has 2 aromatic heterocycles. The van der Waals surface area contributed by atoms with Crippen LogP contribution in [0.15, 0.2) is 6.20 Å². The van der Waals surface area contributed by atoms with Crippen molar-refractivity contribution in [2.45, 2.75) is 18.8 Å². The van der Waals surface area contributed by atoms with Gasteiger partial charge in [-0.2, -0.15) is 0 Å². The predicted octanol–water partition coefficient (Wildman–Crippen LogP) is 3.09. The summed E-state index contributed by atoms with van der Waals surface area (Å²) in [6, 6.07) is 0. The highest BCUT2D eigenvalue weighted by molar-refractivity contribution is 14.1. The Morgan fingerprint density at radius 2 is 2.21 bits per heavy atom. The van der Waals surface area contributed by atoms with Crippen LogP contribution in [0.2, 0.25) is 5.15 Å². The molecule has 2 aromatic rings. The molecule has 1 aliphatic rings. The number of nitrogens with one attached hydrogen (secondary N) is 1. The fourth-order valence-electron chi connectivity index (χ4n) is 1.49. The number of halogens is 2. The molecule has 0 spiro atoms. The van der Waals surface area contributed by atoms with E-state index < -0.39 is 0 Å². The predicted molar refractivity (Wildman–Crippen MR) is 63.6 cm³/mol. The lowest BCUT2D eigenvalue weighted by molar-refractivity contribution is 0.943. The SMILES string of the molecule is Clc1nc(C2CC2)nc2[nH]cc(I)c12. The van der Waals surface area contributed by atoms with Crippen molar-refractivity contribution in [2.75, 3.05) is 0 Å². The number of fused-ring (bicyclic) bond motifs is 1. The van der Waals surface area contributed by atoms with Crippen molar-refractivity contribution in [3.63, 3.8) is 0 Å². The number of hydrogen-bond acceptors (Lipinski definition) is 2. The number of hydrogen-bond donors (Lipinski definition) is 1. The van der Waals surface area contributed by atoms with Gasteiger partial charge in [0, 0.05) is 15.7 Å². The Labute approximate surface area is 99.4 Å². The first-order valence-electron chi connectivity index (χ1n) is 4.45. The molecule has 72 valence electrons. The average Bonchev–Trinajstić information content (AvgIpc) is 2.92. The Hall–Kier alpha value is -0.360. The van der Waals surface area contributed by atoms with E-state index in [2.05, 4.69) is 37.5 Å². The molecule has 0 amide bonds. The molecule has 0 unspecified atom stereocenters. The van der Waals surface area contributed by atoms with Crippen molar-refractivity contribution >= 4 is 45.2 Å². The lowest BCUT2D eigenvalue weighted by Crippen LogP contribution is -1.93. The summed E-state index contributed by atoms with van der Waals surface area (Å²) in [5.74, 6) is 1.43. The van der Waals surface area contributed by atoms with Crippen LogP contribution in [0.1, 0.15) is 24.6 Å². The minimum atomic E-state index is 0.540. The van der Waals surface area contributed by atoms with E-state index in [0.717, 1.165) is 20.4 Å². The lowest BCUT2D eigenvalue weighted by Gasteiger charge is -1.99. The van der Waals surface area contributed by atoms with E-state index in [1.54, 1.807) is 0 Å². The molecule has 1 saturated carbocycles. The van der Waals surface area contributed by atoms with Crippen LogP contribution in [0.25, 0.3) is 11.0 Å². The maximum absolute atomic E-state index is 6.10. The van der Waals surface area contributed by atoms with Crippen LogP contribution in [-0.4, -0.2) is 15.0 Å². The molecule has 2 heterocycles. The highest BCUT2D eigenvalue weighted by Gasteiger charge is 2.27. The Bertz CT molecular complexity index is 504. The van der Waals surface area contributed by atoms with Crippen LogP contribution in [-0.2, 0) is 0 Å². The Kier molecular flexibility index (Phi) is 1.95. The van der Waals surface area contributed by atoms with Crippen LogP contribution in [0.3, 0.4) is 0 Å². The molecule has 0 atom stereocenters. The van der Waals surface area contributed by atoms with Gasteiger partial charge in [-0.15, -0.1) is 0 Å². The van der Waals surface area contributed by atoms with E-state index in [9.17, 15) is 0 Å². The summed E-state index contributed by atoms with van der Waals surface area (Å²) in [5, 5.41) is 1.51. The van der Waals surface area contributed by atoms with Gasteiger partial charge in [0.25, 0.3) is 0 Å². The molecular formula is C9H7ClIN3. The summed E-state index contributed by atoms with van der Waals surface area (Å²) in [7, 11) is 0. The maximum Gasteiger partial charge on any atom is 0.143 e. The van der Waals surface area contributed by atoms with Crippen LogP contribution >= 0.6 is 34.2 Å². The van der Waals surface area contributed by atoms with Gasteiger partial charge in [-0.1, -0.05) is 11.6 Å². The minimum Gasteiger partial charge on any atom is -0.345 e. The quantitative estimate of drug-likeness (QED) is 0.648. The van der Waals surface area contributed by atoms with E-state index in [0.29, 0.717) is 11.1 Å². The van der Waals surface area contributed by atoms with Gasteiger partial charge < -0.3 is 4.98 Å². The van der Waals surface area contributed by atoms with E-state index >= 15 is 0 Å². The largest absolute Gasteiger partial charge is 0.345 e. The van der Waals surface area contributed by atoms with Gasteiger partial charge in [0.05, 0.1) is 5.39 Å². The molecule has 0 aliphatic heterocycles. The average molecular weight is 320 g/mol. The zero-order valence-corrected chi connectivity index (χ0v) is 10.1. The Morgan fingerprint density at radius 3 is 2.93 bits per heavy atom. The van der Waals surface area contributed by atoms with Crippen molar-refractivity contribution in [1.82, 2.24) is 15.0 Å². The molecule has 1 aliphatic carbocycles. The second kappa shape index (κ2) is 3.06. The molecule has 5 heteroatoms. The normalized spacial score (nSPS) is 16.4. The van der Waals surface area contributed by atoms with Gasteiger partial charge in [-0.25, -0.2) is 9.97 Å². The molecular weight excluding hydrogens is 312 g/mol. The number of aromatic amines is 1. The van der Waals surface area contributed by atoms with Crippen molar-refractivity contribution in [1.29, 1.82) is 0 Å². The summed E-state index contributed by atoms with van der Waals surface area (Å²) in [5.41, 5.74) is 0.858. The van der Waals surface area contributed by atoms with E-state index in [1.807, 2.05) is 6.20 Å². The third kappa shape index (κ3) is 1.32. The zero-order valence-electron chi connectivity index (χ0n) is 7.22.